The monoisotopic (exact) mass is 517 g/mol. The first kappa shape index (κ1) is 25.8. The smallest absolute Gasteiger partial charge is 0.253 e. The van der Waals surface area contributed by atoms with Crippen LogP contribution in [0.4, 0.5) is 5.69 Å². The van der Waals surface area contributed by atoms with Gasteiger partial charge in [0, 0.05) is 17.3 Å². The number of amides is 2. The van der Waals surface area contributed by atoms with Crippen LogP contribution in [-0.4, -0.2) is 32.3 Å². The molecule has 0 unspecified atom stereocenters. The molecule has 0 aliphatic carbocycles. The Bertz CT molecular complexity index is 1210. The van der Waals surface area contributed by atoms with Crippen LogP contribution >= 0.6 is 35.0 Å². The first-order valence-electron chi connectivity index (χ1n) is 10.6. The van der Waals surface area contributed by atoms with Crippen molar-refractivity contribution in [3.8, 4) is 0 Å². The Morgan fingerprint density at radius 3 is 2.71 bits per heavy atom. The molecule has 178 valence electrons. The molecule has 7 nitrogen and oxygen atoms in total. The van der Waals surface area contributed by atoms with Gasteiger partial charge in [-0.05, 0) is 42.7 Å². The van der Waals surface area contributed by atoms with E-state index in [-0.39, 0.29) is 29.1 Å². The Labute approximate surface area is 212 Å². The summed E-state index contributed by atoms with van der Waals surface area (Å²) in [5, 5.41) is 15.5. The van der Waals surface area contributed by atoms with Crippen molar-refractivity contribution < 1.29 is 9.59 Å². The summed E-state index contributed by atoms with van der Waals surface area (Å²) in [5.74, 6) is 0.218. The fourth-order valence-electron chi connectivity index (χ4n) is 3.30. The lowest BCUT2D eigenvalue weighted by Gasteiger charge is -2.13. The lowest BCUT2D eigenvalue weighted by molar-refractivity contribution is -0.113. The van der Waals surface area contributed by atoms with Gasteiger partial charge in [-0.1, -0.05) is 66.2 Å². The van der Waals surface area contributed by atoms with Crippen LogP contribution < -0.4 is 10.6 Å². The summed E-state index contributed by atoms with van der Waals surface area (Å²) in [6, 6.07) is 10.6. The second-order valence-electron chi connectivity index (χ2n) is 7.40. The predicted molar refractivity (Wildman–Crippen MR) is 138 cm³/mol. The number of aromatic nitrogens is 3. The molecule has 0 bridgehead atoms. The molecule has 0 aliphatic heterocycles. The fraction of sp³-hybridized carbons (Fsp3) is 0.250. The van der Waals surface area contributed by atoms with Gasteiger partial charge in [0.2, 0.25) is 5.91 Å². The van der Waals surface area contributed by atoms with Crippen molar-refractivity contribution >= 4 is 52.5 Å². The maximum Gasteiger partial charge on any atom is 0.253 e. The van der Waals surface area contributed by atoms with Crippen molar-refractivity contribution in [3.05, 3.63) is 81.6 Å². The van der Waals surface area contributed by atoms with Gasteiger partial charge >= 0.3 is 0 Å². The van der Waals surface area contributed by atoms with Gasteiger partial charge < -0.3 is 15.2 Å². The number of thioether (sulfide) groups is 1. The molecule has 1 aromatic heterocycles. The van der Waals surface area contributed by atoms with Gasteiger partial charge in [0.25, 0.3) is 5.91 Å². The highest BCUT2D eigenvalue weighted by atomic mass is 35.5. The molecule has 10 heteroatoms. The maximum atomic E-state index is 12.6. The third-order valence-corrected chi connectivity index (χ3v) is 6.54. The number of carbonyl (C=O) groups is 2. The SMILES string of the molecule is C=CCn1c(CNC(=O)c2ccc(Cl)cc2Cl)nnc1SCC(=O)Nc1c(C)cccc1CC. The molecule has 1 heterocycles. The van der Waals surface area contributed by atoms with E-state index in [1.165, 1.54) is 17.8 Å². The maximum absolute atomic E-state index is 12.6. The zero-order valence-electron chi connectivity index (χ0n) is 18.9. The number of carbonyl (C=O) groups excluding carboxylic acids is 2. The Balaban J connectivity index is 1.65. The first-order valence-corrected chi connectivity index (χ1v) is 12.4. The Hall–Kier alpha value is -2.81. The number of halogens is 2. The molecular formula is C24H25Cl2N5O2S. The van der Waals surface area contributed by atoms with Crippen LogP contribution in [0.25, 0.3) is 0 Å². The number of hydrogen-bond acceptors (Lipinski definition) is 5. The molecular weight excluding hydrogens is 493 g/mol. The fourth-order valence-corrected chi connectivity index (χ4v) is 4.57. The third kappa shape index (κ3) is 6.40. The number of aryl methyl sites for hydroxylation is 2. The largest absolute Gasteiger partial charge is 0.345 e. The van der Waals surface area contributed by atoms with E-state index in [4.69, 9.17) is 23.2 Å². The summed E-state index contributed by atoms with van der Waals surface area (Å²) in [6.45, 7) is 8.37. The average molecular weight is 518 g/mol. The number of rotatable bonds is 10. The van der Waals surface area contributed by atoms with E-state index in [0.717, 1.165) is 23.2 Å². The molecule has 34 heavy (non-hydrogen) atoms. The lowest BCUT2D eigenvalue weighted by Crippen LogP contribution is -2.25. The van der Waals surface area contributed by atoms with E-state index in [1.807, 2.05) is 25.1 Å². The summed E-state index contributed by atoms with van der Waals surface area (Å²) >= 11 is 13.3. The zero-order valence-corrected chi connectivity index (χ0v) is 21.2. The molecule has 0 radical (unpaired) electrons. The van der Waals surface area contributed by atoms with Crippen molar-refractivity contribution in [2.24, 2.45) is 0 Å². The van der Waals surface area contributed by atoms with Crippen molar-refractivity contribution in [1.29, 1.82) is 0 Å². The Morgan fingerprint density at radius 2 is 2.00 bits per heavy atom. The summed E-state index contributed by atoms with van der Waals surface area (Å²) in [4.78, 5) is 25.1. The number of allylic oxidation sites excluding steroid dienone is 1. The lowest BCUT2D eigenvalue weighted by atomic mass is 10.1. The molecule has 0 aliphatic rings. The minimum atomic E-state index is -0.353. The molecule has 0 saturated carbocycles. The summed E-state index contributed by atoms with van der Waals surface area (Å²) in [7, 11) is 0. The number of hydrogen-bond donors (Lipinski definition) is 2. The van der Waals surface area contributed by atoms with Crippen LogP contribution in [0.15, 0.2) is 54.2 Å². The van der Waals surface area contributed by atoms with Gasteiger partial charge in [0.15, 0.2) is 11.0 Å². The standard InChI is InChI=1S/C24H25Cl2N5O2S/c1-4-11-31-20(13-27-23(33)18-10-9-17(25)12-19(18)26)29-30-24(31)34-14-21(32)28-22-15(3)7-6-8-16(22)5-2/h4,6-10,12H,1,5,11,13-14H2,2-3H3,(H,27,33)(H,28,32). The average Bonchev–Trinajstić information content (AvgIpc) is 3.19. The second-order valence-corrected chi connectivity index (χ2v) is 9.19. The highest BCUT2D eigenvalue weighted by Crippen LogP contribution is 2.23. The molecule has 0 spiro atoms. The molecule has 2 aromatic carbocycles. The van der Waals surface area contributed by atoms with Crippen molar-refractivity contribution in [2.75, 3.05) is 11.1 Å². The summed E-state index contributed by atoms with van der Waals surface area (Å²) < 4.78 is 1.81. The van der Waals surface area contributed by atoms with Crippen molar-refractivity contribution in [3.63, 3.8) is 0 Å². The molecule has 3 rings (SSSR count). The molecule has 2 N–H and O–H groups in total. The second kappa shape index (κ2) is 12.1. The molecule has 3 aromatic rings. The molecule has 0 atom stereocenters. The van der Waals surface area contributed by atoms with Gasteiger partial charge in [-0.15, -0.1) is 16.8 Å². The van der Waals surface area contributed by atoms with E-state index in [2.05, 4.69) is 34.3 Å². The van der Waals surface area contributed by atoms with E-state index in [1.54, 1.807) is 22.8 Å². The molecule has 2 amide bonds. The van der Waals surface area contributed by atoms with Crippen LogP contribution in [0.5, 0.6) is 0 Å². The highest BCUT2D eigenvalue weighted by molar-refractivity contribution is 7.99. The predicted octanol–water partition coefficient (Wildman–Crippen LogP) is 5.30. The summed E-state index contributed by atoms with van der Waals surface area (Å²) in [6.07, 6.45) is 2.53. The van der Waals surface area contributed by atoms with Crippen LogP contribution in [0, 0.1) is 6.92 Å². The first-order chi connectivity index (χ1) is 16.3. The van der Waals surface area contributed by atoms with E-state index in [9.17, 15) is 9.59 Å². The van der Waals surface area contributed by atoms with E-state index < -0.39 is 0 Å². The van der Waals surface area contributed by atoms with Crippen LogP contribution in [0.3, 0.4) is 0 Å². The van der Waals surface area contributed by atoms with Crippen molar-refractivity contribution in [2.45, 2.75) is 38.5 Å². The van der Waals surface area contributed by atoms with Crippen molar-refractivity contribution in [1.82, 2.24) is 20.1 Å². The zero-order chi connectivity index (χ0) is 24.7. The van der Waals surface area contributed by atoms with Gasteiger partial charge in [0.1, 0.15) is 0 Å². The third-order valence-electron chi connectivity index (χ3n) is 5.02. The highest BCUT2D eigenvalue weighted by Gasteiger charge is 2.17. The number of para-hydroxylation sites is 1. The van der Waals surface area contributed by atoms with Gasteiger partial charge in [-0.2, -0.15) is 0 Å². The number of anilines is 1. The van der Waals surface area contributed by atoms with E-state index >= 15 is 0 Å². The number of nitrogens with one attached hydrogen (secondary N) is 2. The normalized spacial score (nSPS) is 10.7. The van der Waals surface area contributed by atoms with Gasteiger partial charge in [-0.3, -0.25) is 9.59 Å². The minimum absolute atomic E-state index is 0.130. The molecule has 0 fully saturated rings. The van der Waals surface area contributed by atoms with E-state index in [0.29, 0.717) is 28.1 Å². The molecule has 0 saturated heterocycles. The minimum Gasteiger partial charge on any atom is -0.345 e. The Morgan fingerprint density at radius 1 is 1.21 bits per heavy atom. The summed E-state index contributed by atoms with van der Waals surface area (Å²) in [5.41, 5.74) is 3.28. The topological polar surface area (TPSA) is 88.9 Å². The number of benzene rings is 2. The Kier molecular flexibility index (Phi) is 9.15. The van der Waals surface area contributed by atoms with Gasteiger partial charge in [0.05, 0.1) is 22.9 Å². The van der Waals surface area contributed by atoms with Crippen LogP contribution in [-0.2, 0) is 24.3 Å². The number of nitrogens with zero attached hydrogens (tertiary/aromatic N) is 3. The van der Waals surface area contributed by atoms with Gasteiger partial charge in [-0.25, -0.2) is 0 Å². The quantitative estimate of drug-likeness (QED) is 0.281. The van der Waals surface area contributed by atoms with Crippen LogP contribution in [0.1, 0.15) is 34.2 Å². The van der Waals surface area contributed by atoms with Crippen LogP contribution in [0.2, 0.25) is 10.0 Å².